The summed E-state index contributed by atoms with van der Waals surface area (Å²) < 4.78 is 14.4. The van der Waals surface area contributed by atoms with Crippen molar-refractivity contribution in [1.82, 2.24) is 4.90 Å². The minimum absolute atomic E-state index is 0.314. The molecule has 8 heteroatoms. The Kier molecular flexibility index (Phi) is 9.48. The lowest BCUT2D eigenvalue weighted by Crippen LogP contribution is -2.47. The maximum absolute atomic E-state index is 12.3. The average molecular weight is 357 g/mol. The third-order valence-corrected chi connectivity index (χ3v) is 2.89. The van der Waals surface area contributed by atoms with E-state index in [0.717, 1.165) is 12.2 Å². The van der Waals surface area contributed by atoms with Gasteiger partial charge in [0.2, 0.25) is 0 Å². The highest BCUT2D eigenvalue weighted by molar-refractivity contribution is 5.93. The fourth-order valence-electron chi connectivity index (χ4n) is 1.76. The highest BCUT2D eigenvalue weighted by atomic mass is 16.6. The van der Waals surface area contributed by atoms with Crippen LogP contribution in [-0.2, 0) is 33.4 Å². The number of methoxy groups -OCH3 is 1. The third kappa shape index (κ3) is 9.49. The summed E-state index contributed by atoms with van der Waals surface area (Å²) >= 11 is 0. The molecule has 0 aliphatic heterocycles. The number of carbonyl (C=O) groups excluding carboxylic acids is 4. The number of hydrogen-bond acceptors (Lipinski definition) is 7. The van der Waals surface area contributed by atoms with Crippen molar-refractivity contribution in [2.24, 2.45) is 0 Å². The van der Waals surface area contributed by atoms with Crippen molar-refractivity contribution < 1.29 is 33.4 Å². The molecule has 0 spiro atoms. The highest BCUT2D eigenvalue weighted by Gasteiger charge is 2.29. The molecule has 0 bridgehead atoms. The summed E-state index contributed by atoms with van der Waals surface area (Å²) in [5.41, 5.74) is -0.669. The first-order valence-electron chi connectivity index (χ1n) is 7.97. The van der Waals surface area contributed by atoms with E-state index in [9.17, 15) is 19.2 Å². The number of esters is 3. The molecule has 1 atom stereocenters. The van der Waals surface area contributed by atoms with Crippen molar-refractivity contribution in [3.05, 3.63) is 12.2 Å². The molecule has 0 aliphatic rings. The summed E-state index contributed by atoms with van der Waals surface area (Å²) in [7, 11) is 1.17. The second-order valence-electron chi connectivity index (χ2n) is 6.26. The van der Waals surface area contributed by atoms with Crippen LogP contribution in [0.2, 0.25) is 0 Å². The van der Waals surface area contributed by atoms with Gasteiger partial charge in [-0.1, -0.05) is 6.92 Å². The van der Waals surface area contributed by atoms with Crippen molar-refractivity contribution in [3.63, 3.8) is 0 Å². The number of rotatable bonds is 8. The average Bonchev–Trinajstić information content (AvgIpc) is 2.52. The molecule has 142 valence electrons. The second kappa shape index (κ2) is 10.5. The Morgan fingerprint density at radius 3 is 2.12 bits per heavy atom. The van der Waals surface area contributed by atoms with E-state index < -0.39 is 42.1 Å². The van der Waals surface area contributed by atoms with Gasteiger partial charge in [0.1, 0.15) is 11.6 Å². The Balaban J connectivity index is 4.78. The zero-order valence-electron chi connectivity index (χ0n) is 15.7. The minimum atomic E-state index is -0.861. The first-order valence-corrected chi connectivity index (χ1v) is 7.97. The lowest BCUT2D eigenvalue weighted by molar-refractivity contribution is -0.165. The predicted octanol–water partition coefficient (Wildman–Crippen LogP) is 1.23. The van der Waals surface area contributed by atoms with Gasteiger partial charge in [0, 0.05) is 18.7 Å². The van der Waals surface area contributed by atoms with Crippen LogP contribution >= 0.6 is 0 Å². The largest absolute Gasteiger partial charge is 0.466 e. The molecule has 1 unspecified atom stereocenters. The Bertz CT molecular complexity index is 520. The fraction of sp³-hybridized carbons (Fsp3) is 0.647. The van der Waals surface area contributed by atoms with E-state index in [-0.39, 0.29) is 0 Å². The van der Waals surface area contributed by atoms with Gasteiger partial charge in [-0.2, -0.15) is 0 Å². The Labute approximate surface area is 148 Å². The molecular weight excluding hydrogens is 330 g/mol. The van der Waals surface area contributed by atoms with Gasteiger partial charge in [0.25, 0.3) is 5.91 Å². The monoisotopic (exact) mass is 357 g/mol. The smallest absolute Gasteiger partial charge is 0.331 e. The molecule has 0 rings (SSSR count). The number of ether oxygens (including phenoxy) is 3. The molecule has 0 aromatic heterocycles. The van der Waals surface area contributed by atoms with Gasteiger partial charge in [0.05, 0.1) is 7.11 Å². The van der Waals surface area contributed by atoms with Crippen LogP contribution in [0.15, 0.2) is 12.2 Å². The van der Waals surface area contributed by atoms with Crippen molar-refractivity contribution in [2.75, 3.05) is 20.3 Å². The van der Waals surface area contributed by atoms with Gasteiger partial charge >= 0.3 is 17.9 Å². The van der Waals surface area contributed by atoms with Gasteiger partial charge in [-0.05, 0) is 34.1 Å². The summed E-state index contributed by atoms with van der Waals surface area (Å²) in [5.74, 6) is -2.64. The quantitative estimate of drug-likeness (QED) is 0.366. The van der Waals surface area contributed by atoms with Crippen molar-refractivity contribution >= 4 is 23.8 Å². The summed E-state index contributed by atoms with van der Waals surface area (Å²) in [6.45, 7) is 8.39. The fourth-order valence-corrected chi connectivity index (χ4v) is 1.76. The molecule has 8 nitrogen and oxygen atoms in total. The van der Waals surface area contributed by atoms with E-state index in [2.05, 4.69) is 4.74 Å². The minimum Gasteiger partial charge on any atom is -0.466 e. The number of hydrogen-bond donors (Lipinski definition) is 0. The zero-order chi connectivity index (χ0) is 19.6. The normalized spacial score (nSPS) is 12.4. The lowest BCUT2D eigenvalue weighted by Gasteiger charge is -2.30. The first kappa shape index (κ1) is 22.6. The molecule has 0 radical (unpaired) electrons. The second-order valence-corrected chi connectivity index (χ2v) is 6.26. The van der Waals surface area contributed by atoms with Crippen LogP contribution in [-0.4, -0.2) is 60.6 Å². The van der Waals surface area contributed by atoms with E-state index >= 15 is 0 Å². The molecule has 25 heavy (non-hydrogen) atoms. The molecule has 0 saturated carbocycles. The van der Waals surface area contributed by atoms with Gasteiger partial charge in [-0.15, -0.1) is 0 Å². The van der Waals surface area contributed by atoms with E-state index in [4.69, 9.17) is 9.47 Å². The van der Waals surface area contributed by atoms with Crippen LogP contribution in [0.4, 0.5) is 0 Å². The highest BCUT2D eigenvalue weighted by Crippen LogP contribution is 2.12. The van der Waals surface area contributed by atoms with Crippen molar-refractivity contribution in [2.45, 2.75) is 52.7 Å². The van der Waals surface area contributed by atoms with E-state index in [0.29, 0.717) is 13.0 Å². The molecule has 0 fully saturated rings. The molecule has 0 aliphatic carbocycles. The molecule has 1 amide bonds. The first-order chi connectivity index (χ1) is 11.5. The summed E-state index contributed by atoms with van der Waals surface area (Å²) in [4.78, 5) is 48.1. The Hall–Kier alpha value is -2.38. The molecule has 0 N–H and O–H groups in total. The topological polar surface area (TPSA) is 99.2 Å². The van der Waals surface area contributed by atoms with Gasteiger partial charge < -0.3 is 19.1 Å². The van der Waals surface area contributed by atoms with Gasteiger partial charge in [-0.25, -0.2) is 14.4 Å². The van der Waals surface area contributed by atoms with Gasteiger partial charge in [-0.3, -0.25) is 4.79 Å². The standard InChI is InChI=1S/C17H27NO7/c1-7-10-18(12(2)16(22)25-17(3,4)5)13(19)11-24-15(21)9-8-14(20)23-6/h8-9,12H,7,10-11H2,1-6H3/b9-8+. The van der Waals surface area contributed by atoms with E-state index in [1.807, 2.05) is 6.92 Å². The molecule has 0 heterocycles. The number of amides is 1. The predicted molar refractivity (Wildman–Crippen MR) is 89.4 cm³/mol. The molecular formula is C17H27NO7. The van der Waals surface area contributed by atoms with Crippen LogP contribution in [0.1, 0.15) is 41.0 Å². The van der Waals surface area contributed by atoms with E-state index in [1.165, 1.54) is 12.0 Å². The Morgan fingerprint density at radius 1 is 1.08 bits per heavy atom. The summed E-state index contributed by atoms with van der Waals surface area (Å²) in [6.07, 6.45) is 2.37. The molecule has 0 saturated heterocycles. The summed E-state index contributed by atoms with van der Waals surface area (Å²) in [5, 5.41) is 0. The number of carbonyl (C=O) groups is 4. The SMILES string of the molecule is CCCN(C(=O)COC(=O)/C=C/C(=O)OC)C(C)C(=O)OC(C)(C)C. The maximum Gasteiger partial charge on any atom is 0.331 e. The van der Waals surface area contributed by atoms with Crippen LogP contribution in [0.3, 0.4) is 0 Å². The van der Waals surface area contributed by atoms with Gasteiger partial charge in [0.15, 0.2) is 6.61 Å². The Morgan fingerprint density at radius 2 is 1.64 bits per heavy atom. The van der Waals surface area contributed by atoms with Crippen LogP contribution in [0.5, 0.6) is 0 Å². The molecule has 0 aromatic rings. The summed E-state index contributed by atoms with van der Waals surface area (Å²) in [6, 6.07) is -0.809. The van der Waals surface area contributed by atoms with Crippen molar-refractivity contribution in [1.29, 1.82) is 0 Å². The van der Waals surface area contributed by atoms with Crippen LogP contribution < -0.4 is 0 Å². The maximum atomic E-state index is 12.3. The zero-order valence-corrected chi connectivity index (χ0v) is 15.7. The third-order valence-electron chi connectivity index (χ3n) is 2.89. The number of nitrogens with zero attached hydrogens (tertiary/aromatic N) is 1. The van der Waals surface area contributed by atoms with Crippen molar-refractivity contribution in [3.8, 4) is 0 Å². The molecule has 0 aromatic carbocycles. The lowest BCUT2D eigenvalue weighted by atomic mass is 10.2. The van der Waals surface area contributed by atoms with Crippen LogP contribution in [0, 0.1) is 0 Å². The van der Waals surface area contributed by atoms with E-state index in [1.54, 1.807) is 27.7 Å². The van der Waals surface area contributed by atoms with Crippen LogP contribution in [0.25, 0.3) is 0 Å².